The van der Waals surface area contributed by atoms with Crippen LogP contribution in [0.1, 0.15) is 23.7 Å². The number of carbonyl (C=O) groups excluding carboxylic acids is 1. The van der Waals surface area contributed by atoms with E-state index in [2.05, 4.69) is 10.1 Å². The highest BCUT2D eigenvalue weighted by molar-refractivity contribution is 5.96. The van der Waals surface area contributed by atoms with Gasteiger partial charge in [-0.05, 0) is 12.1 Å². The van der Waals surface area contributed by atoms with Gasteiger partial charge in [-0.25, -0.2) is 0 Å². The van der Waals surface area contributed by atoms with Gasteiger partial charge in [0.15, 0.2) is 5.78 Å². The van der Waals surface area contributed by atoms with E-state index in [0.717, 1.165) is 0 Å². The Morgan fingerprint density at radius 3 is 2.94 bits per heavy atom. The summed E-state index contributed by atoms with van der Waals surface area (Å²) in [7, 11) is 1.76. The van der Waals surface area contributed by atoms with Gasteiger partial charge in [0.2, 0.25) is 0 Å². The van der Waals surface area contributed by atoms with E-state index in [0.29, 0.717) is 17.7 Å². The summed E-state index contributed by atoms with van der Waals surface area (Å²) in [5.74, 6) is 0.653. The van der Waals surface area contributed by atoms with E-state index in [4.69, 9.17) is 4.74 Å². The van der Waals surface area contributed by atoms with Crippen molar-refractivity contribution >= 4 is 5.78 Å². The largest absolute Gasteiger partial charge is 0.423 e. The van der Waals surface area contributed by atoms with Crippen LogP contribution in [0, 0.1) is 0 Å². The van der Waals surface area contributed by atoms with E-state index in [1.165, 1.54) is 0 Å². The molecule has 0 aliphatic carbocycles. The number of hydrogen-bond donors (Lipinski definition) is 0. The lowest BCUT2D eigenvalue weighted by Gasteiger charge is -2.03. The van der Waals surface area contributed by atoms with Gasteiger partial charge in [0.25, 0.3) is 0 Å². The molecular formula is C12H13N3O2. The van der Waals surface area contributed by atoms with Crippen LogP contribution < -0.4 is 4.74 Å². The molecule has 0 radical (unpaired) electrons. The monoisotopic (exact) mass is 231 g/mol. The van der Waals surface area contributed by atoms with Crippen molar-refractivity contribution in [1.29, 1.82) is 0 Å². The molecule has 1 aromatic heterocycles. The van der Waals surface area contributed by atoms with Crippen LogP contribution in [0.4, 0.5) is 0 Å². The Balaban J connectivity index is 2.19. The summed E-state index contributed by atoms with van der Waals surface area (Å²) < 4.78 is 6.99. The van der Waals surface area contributed by atoms with Crippen molar-refractivity contribution in [3.63, 3.8) is 0 Å². The molecule has 17 heavy (non-hydrogen) atoms. The van der Waals surface area contributed by atoms with Crippen molar-refractivity contribution < 1.29 is 9.53 Å². The van der Waals surface area contributed by atoms with Crippen molar-refractivity contribution in [3.05, 3.63) is 36.2 Å². The summed E-state index contributed by atoms with van der Waals surface area (Å²) in [5.41, 5.74) is 0.640. The molecule has 0 saturated heterocycles. The van der Waals surface area contributed by atoms with Gasteiger partial charge >= 0.3 is 6.01 Å². The predicted octanol–water partition coefficient (Wildman–Crippen LogP) is 2.20. The molecule has 0 atom stereocenters. The fraction of sp³-hybridized carbons (Fsp3) is 0.250. The normalized spacial score (nSPS) is 10.2. The number of benzene rings is 1. The van der Waals surface area contributed by atoms with Crippen LogP contribution in [-0.2, 0) is 7.05 Å². The second-order valence-electron chi connectivity index (χ2n) is 3.61. The molecule has 0 N–H and O–H groups in total. The lowest BCUT2D eigenvalue weighted by molar-refractivity contribution is 0.0988. The van der Waals surface area contributed by atoms with Gasteiger partial charge in [-0.15, -0.1) is 5.10 Å². The van der Waals surface area contributed by atoms with Crippen LogP contribution in [0.15, 0.2) is 30.6 Å². The molecule has 0 unspecified atom stereocenters. The van der Waals surface area contributed by atoms with Crippen LogP contribution in [0.3, 0.4) is 0 Å². The van der Waals surface area contributed by atoms with Crippen LogP contribution in [0.25, 0.3) is 0 Å². The first-order chi connectivity index (χ1) is 8.19. The number of nitrogens with zero attached hydrogens (tertiary/aromatic N) is 3. The van der Waals surface area contributed by atoms with E-state index in [1.807, 2.05) is 6.92 Å². The maximum absolute atomic E-state index is 11.5. The highest BCUT2D eigenvalue weighted by Gasteiger charge is 2.06. The maximum Gasteiger partial charge on any atom is 0.340 e. The Labute approximate surface area is 99.1 Å². The lowest BCUT2D eigenvalue weighted by Crippen LogP contribution is -1.97. The third-order valence-electron chi connectivity index (χ3n) is 2.26. The third-order valence-corrected chi connectivity index (χ3v) is 2.26. The fourth-order valence-corrected chi connectivity index (χ4v) is 1.41. The average molecular weight is 231 g/mol. The molecule has 5 nitrogen and oxygen atoms in total. The summed E-state index contributed by atoms with van der Waals surface area (Å²) in [6.45, 7) is 1.83. The first kappa shape index (κ1) is 11.3. The van der Waals surface area contributed by atoms with Crippen LogP contribution >= 0.6 is 0 Å². The predicted molar refractivity (Wildman–Crippen MR) is 62.1 cm³/mol. The molecule has 2 aromatic rings. The van der Waals surface area contributed by atoms with Crippen molar-refractivity contribution in [2.24, 2.45) is 7.05 Å². The zero-order valence-corrected chi connectivity index (χ0v) is 9.75. The summed E-state index contributed by atoms with van der Waals surface area (Å²) in [6.07, 6.45) is 2.03. The zero-order valence-electron chi connectivity index (χ0n) is 9.75. The van der Waals surface area contributed by atoms with Crippen molar-refractivity contribution in [2.45, 2.75) is 13.3 Å². The molecule has 88 valence electrons. The summed E-state index contributed by atoms with van der Waals surface area (Å²) in [5, 5.41) is 4.00. The van der Waals surface area contributed by atoms with Crippen LogP contribution in [0.5, 0.6) is 11.8 Å². The molecule has 0 bridgehead atoms. The van der Waals surface area contributed by atoms with E-state index in [1.54, 1.807) is 42.3 Å². The first-order valence-corrected chi connectivity index (χ1v) is 5.36. The Morgan fingerprint density at radius 1 is 1.47 bits per heavy atom. The first-order valence-electron chi connectivity index (χ1n) is 5.36. The standard InChI is InChI=1S/C12H13N3O2/c1-3-11(16)9-5-4-6-10(7-9)17-12-13-8-15(2)14-12/h4-8H,3H2,1-2H3. The molecule has 0 amide bonds. The van der Waals surface area contributed by atoms with Crippen LogP contribution in [-0.4, -0.2) is 20.5 Å². The zero-order chi connectivity index (χ0) is 12.3. The van der Waals surface area contributed by atoms with Gasteiger partial charge in [0.05, 0.1) is 0 Å². The van der Waals surface area contributed by atoms with Gasteiger partial charge in [-0.1, -0.05) is 19.1 Å². The average Bonchev–Trinajstić information content (AvgIpc) is 2.74. The summed E-state index contributed by atoms with van der Waals surface area (Å²) in [6, 6.07) is 7.28. The van der Waals surface area contributed by atoms with Crippen molar-refractivity contribution in [2.75, 3.05) is 0 Å². The number of rotatable bonds is 4. The number of Topliss-reactive ketones (excluding diaryl/α,β-unsaturated/α-hetero) is 1. The van der Waals surface area contributed by atoms with Gasteiger partial charge in [0, 0.05) is 19.0 Å². The summed E-state index contributed by atoms with van der Waals surface area (Å²) >= 11 is 0. The Morgan fingerprint density at radius 2 is 2.29 bits per heavy atom. The fourth-order valence-electron chi connectivity index (χ4n) is 1.41. The highest BCUT2D eigenvalue weighted by Crippen LogP contribution is 2.19. The number of hydrogen-bond acceptors (Lipinski definition) is 4. The minimum absolute atomic E-state index is 0.0874. The van der Waals surface area contributed by atoms with Gasteiger partial charge in [-0.2, -0.15) is 4.98 Å². The molecule has 0 spiro atoms. The minimum Gasteiger partial charge on any atom is -0.423 e. The SMILES string of the molecule is CCC(=O)c1cccc(Oc2ncn(C)n2)c1. The third kappa shape index (κ3) is 2.69. The number of ketones is 1. The molecule has 5 heteroatoms. The topological polar surface area (TPSA) is 57.0 Å². The van der Waals surface area contributed by atoms with Gasteiger partial charge in [-0.3, -0.25) is 9.48 Å². The number of aryl methyl sites for hydroxylation is 1. The maximum atomic E-state index is 11.5. The van der Waals surface area contributed by atoms with Crippen molar-refractivity contribution in [3.8, 4) is 11.8 Å². The van der Waals surface area contributed by atoms with Crippen LogP contribution in [0.2, 0.25) is 0 Å². The number of ether oxygens (including phenoxy) is 1. The number of aromatic nitrogens is 3. The Kier molecular flexibility index (Phi) is 3.18. The summed E-state index contributed by atoms with van der Waals surface area (Å²) in [4.78, 5) is 15.5. The molecular weight excluding hydrogens is 218 g/mol. The molecule has 1 heterocycles. The lowest BCUT2D eigenvalue weighted by atomic mass is 10.1. The van der Waals surface area contributed by atoms with E-state index >= 15 is 0 Å². The second-order valence-corrected chi connectivity index (χ2v) is 3.61. The number of carbonyl (C=O) groups is 1. The smallest absolute Gasteiger partial charge is 0.340 e. The highest BCUT2D eigenvalue weighted by atomic mass is 16.5. The van der Waals surface area contributed by atoms with E-state index < -0.39 is 0 Å². The quantitative estimate of drug-likeness (QED) is 0.757. The minimum atomic E-state index is 0.0874. The van der Waals surface area contributed by atoms with E-state index in [-0.39, 0.29) is 11.8 Å². The second kappa shape index (κ2) is 4.78. The van der Waals surface area contributed by atoms with Gasteiger partial charge < -0.3 is 4.74 Å². The van der Waals surface area contributed by atoms with Crippen molar-refractivity contribution in [1.82, 2.24) is 14.8 Å². The van der Waals surface area contributed by atoms with Gasteiger partial charge in [0.1, 0.15) is 12.1 Å². The molecule has 1 aromatic carbocycles. The molecule has 0 aliphatic rings. The van der Waals surface area contributed by atoms with E-state index in [9.17, 15) is 4.79 Å². The molecule has 0 fully saturated rings. The molecule has 0 saturated carbocycles. The molecule has 0 aliphatic heterocycles. The Bertz CT molecular complexity index is 534. The molecule has 2 rings (SSSR count). The Hall–Kier alpha value is -2.17.